The molecule has 1 aromatic rings. The Bertz CT molecular complexity index is 455. The van der Waals surface area contributed by atoms with Gasteiger partial charge >= 0.3 is 6.98 Å². The zero-order valence-corrected chi connectivity index (χ0v) is 9.10. The first-order valence-electron chi connectivity index (χ1n) is 5.29. The molecule has 0 bridgehead atoms. The van der Waals surface area contributed by atoms with Crippen LogP contribution in [0.15, 0.2) is 30.3 Å². The van der Waals surface area contributed by atoms with E-state index in [0.717, 1.165) is 5.56 Å². The highest BCUT2D eigenvalue weighted by molar-refractivity contribution is 6.66. The standard InChI is InChI=1S/C11H11BF4N/c1-8(12(14,15)16)7-17-5-4-9-2-3-10(13)6-11(9)17/h2-3,6H,1,4-5,7H2/q-1. The highest BCUT2D eigenvalue weighted by atomic mass is 19.4. The topological polar surface area (TPSA) is 3.24 Å². The van der Waals surface area contributed by atoms with Crippen molar-refractivity contribution in [2.45, 2.75) is 6.42 Å². The van der Waals surface area contributed by atoms with Crippen LogP contribution in [0.5, 0.6) is 0 Å². The molecule has 1 aliphatic heterocycles. The Hall–Kier alpha value is -1.46. The lowest BCUT2D eigenvalue weighted by atomic mass is 9.80. The molecule has 0 saturated carbocycles. The van der Waals surface area contributed by atoms with E-state index >= 15 is 0 Å². The molecule has 2 rings (SSSR count). The Morgan fingerprint density at radius 3 is 2.71 bits per heavy atom. The fourth-order valence-electron chi connectivity index (χ4n) is 1.93. The molecule has 17 heavy (non-hydrogen) atoms. The Morgan fingerprint density at radius 1 is 1.35 bits per heavy atom. The molecule has 0 N–H and O–H groups in total. The molecule has 0 atom stereocenters. The fourth-order valence-corrected chi connectivity index (χ4v) is 1.93. The summed E-state index contributed by atoms with van der Waals surface area (Å²) in [6, 6.07) is 4.22. The van der Waals surface area contributed by atoms with E-state index in [9.17, 15) is 17.3 Å². The first-order valence-corrected chi connectivity index (χ1v) is 5.29. The van der Waals surface area contributed by atoms with Crippen molar-refractivity contribution in [1.82, 2.24) is 0 Å². The summed E-state index contributed by atoms with van der Waals surface area (Å²) in [5.74, 6) is -0.432. The normalized spacial score (nSPS) is 14.9. The molecule has 1 nitrogen and oxygen atoms in total. The van der Waals surface area contributed by atoms with Gasteiger partial charge in [0.25, 0.3) is 0 Å². The quantitative estimate of drug-likeness (QED) is 0.583. The summed E-state index contributed by atoms with van der Waals surface area (Å²) in [5, 5.41) is 0. The maximum Gasteiger partial charge on any atom is 0.506 e. The number of benzene rings is 1. The molecule has 0 aromatic heterocycles. The molecular weight excluding hydrogens is 233 g/mol. The Morgan fingerprint density at radius 2 is 2.06 bits per heavy atom. The van der Waals surface area contributed by atoms with Crippen LogP contribution in [-0.4, -0.2) is 20.1 Å². The highest BCUT2D eigenvalue weighted by Crippen LogP contribution is 2.30. The summed E-state index contributed by atoms with van der Waals surface area (Å²) in [6.07, 6.45) is 0.647. The number of rotatable bonds is 3. The summed E-state index contributed by atoms with van der Waals surface area (Å²) in [4.78, 5) is 1.52. The maximum atomic E-state index is 13.0. The van der Waals surface area contributed by atoms with E-state index in [1.165, 1.54) is 17.0 Å². The van der Waals surface area contributed by atoms with Crippen molar-refractivity contribution in [2.24, 2.45) is 0 Å². The lowest BCUT2D eigenvalue weighted by Crippen LogP contribution is -2.31. The van der Waals surface area contributed by atoms with Crippen molar-refractivity contribution in [3.63, 3.8) is 0 Å². The third-order valence-corrected chi connectivity index (χ3v) is 2.90. The highest BCUT2D eigenvalue weighted by Gasteiger charge is 2.29. The third kappa shape index (κ3) is 2.45. The SMILES string of the molecule is C=C(CN1CCc2ccc(F)cc21)[B-](F)(F)F. The predicted molar refractivity (Wildman–Crippen MR) is 60.5 cm³/mol. The summed E-state index contributed by atoms with van der Waals surface area (Å²) in [7, 11) is 0. The van der Waals surface area contributed by atoms with Crippen LogP contribution >= 0.6 is 0 Å². The van der Waals surface area contributed by atoms with Crippen molar-refractivity contribution < 1.29 is 17.3 Å². The van der Waals surface area contributed by atoms with Crippen molar-refractivity contribution in [3.05, 3.63) is 41.6 Å². The second-order valence-electron chi connectivity index (χ2n) is 4.18. The van der Waals surface area contributed by atoms with E-state index in [0.29, 0.717) is 18.7 Å². The summed E-state index contributed by atoms with van der Waals surface area (Å²) < 4.78 is 50.3. The molecule has 0 amide bonds. The summed E-state index contributed by atoms with van der Waals surface area (Å²) in [6.45, 7) is -1.77. The van der Waals surface area contributed by atoms with Gasteiger partial charge in [-0.3, -0.25) is 0 Å². The van der Waals surface area contributed by atoms with E-state index in [1.807, 2.05) is 0 Å². The molecule has 1 aliphatic rings. The molecule has 92 valence electrons. The second-order valence-corrected chi connectivity index (χ2v) is 4.18. The zero-order chi connectivity index (χ0) is 12.6. The van der Waals surface area contributed by atoms with Gasteiger partial charge in [-0.25, -0.2) is 4.39 Å². The number of fused-ring (bicyclic) bond motifs is 1. The largest absolute Gasteiger partial charge is 0.506 e. The molecule has 0 aliphatic carbocycles. The molecule has 1 heterocycles. The van der Waals surface area contributed by atoms with Crippen molar-refractivity contribution in [1.29, 1.82) is 0 Å². The van der Waals surface area contributed by atoms with Gasteiger partial charge in [0.1, 0.15) is 5.82 Å². The average Bonchev–Trinajstić information content (AvgIpc) is 2.60. The van der Waals surface area contributed by atoms with E-state index in [4.69, 9.17) is 0 Å². The molecule has 6 heteroatoms. The number of halogens is 4. The minimum Gasteiger partial charge on any atom is -0.445 e. The van der Waals surface area contributed by atoms with E-state index in [-0.39, 0.29) is 6.54 Å². The zero-order valence-electron chi connectivity index (χ0n) is 9.10. The van der Waals surface area contributed by atoms with Crippen LogP contribution < -0.4 is 4.90 Å². The van der Waals surface area contributed by atoms with Gasteiger partial charge in [-0.1, -0.05) is 6.07 Å². The van der Waals surface area contributed by atoms with Crippen LogP contribution in [0.1, 0.15) is 5.56 Å². The smallest absolute Gasteiger partial charge is 0.445 e. The lowest BCUT2D eigenvalue weighted by Gasteiger charge is -2.26. The predicted octanol–water partition coefficient (Wildman–Crippen LogP) is 3.13. The van der Waals surface area contributed by atoms with Crippen LogP contribution in [0.4, 0.5) is 23.0 Å². The van der Waals surface area contributed by atoms with E-state index in [2.05, 4.69) is 6.58 Å². The first kappa shape index (κ1) is 12.0. The Balaban J connectivity index is 2.17. The number of anilines is 1. The van der Waals surface area contributed by atoms with Gasteiger partial charge < -0.3 is 17.8 Å². The first-order chi connectivity index (χ1) is 7.88. The van der Waals surface area contributed by atoms with Crippen LogP contribution in [-0.2, 0) is 6.42 Å². The minimum atomic E-state index is -5.02. The molecule has 0 fully saturated rings. The Kier molecular flexibility index (Phi) is 2.89. The molecule has 0 spiro atoms. The third-order valence-electron chi connectivity index (χ3n) is 2.90. The van der Waals surface area contributed by atoms with Crippen LogP contribution in [0.2, 0.25) is 0 Å². The molecule has 0 saturated heterocycles. The van der Waals surface area contributed by atoms with Gasteiger partial charge in [0.05, 0.1) is 0 Å². The molecule has 0 unspecified atom stereocenters. The summed E-state index contributed by atoms with van der Waals surface area (Å²) in [5.41, 5.74) is 0.683. The van der Waals surface area contributed by atoms with Crippen LogP contribution in [0.3, 0.4) is 0 Å². The van der Waals surface area contributed by atoms with Gasteiger partial charge in [-0.2, -0.15) is 0 Å². The number of hydrogen-bond donors (Lipinski definition) is 0. The molecule has 1 aromatic carbocycles. The number of nitrogens with zero attached hydrogens (tertiary/aromatic N) is 1. The average molecular weight is 244 g/mol. The fraction of sp³-hybridized carbons (Fsp3) is 0.273. The minimum absolute atomic E-state index is 0.278. The van der Waals surface area contributed by atoms with Crippen molar-refractivity contribution >= 4 is 12.7 Å². The van der Waals surface area contributed by atoms with Crippen molar-refractivity contribution in [2.75, 3.05) is 18.0 Å². The van der Waals surface area contributed by atoms with Crippen LogP contribution in [0.25, 0.3) is 0 Å². The monoisotopic (exact) mass is 244 g/mol. The second kappa shape index (κ2) is 4.09. The van der Waals surface area contributed by atoms with Crippen molar-refractivity contribution in [3.8, 4) is 0 Å². The Labute approximate surface area is 96.8 Å². The van der Waals surface area contributed by atoms with Gasteiger partial charge in [-0.05, 0) is 24.1 Å². The molecule has 0 radical (unpaired) electrons. The van der Waals surface area contributed by atoms with Crippen LogP contribution in [0, 0.1) is 5.82 Å². The van der Waals surface area contributed by atoms with Gasteiger partial charge in [0.15, 0.2) is 0 Å². The lowest BCUT2D eigenvalue weighted by molar-refractivity contribution is 0.488. The van der Waals surface area contributed by atoms with Gasteiger partial charge in [0, 0.05) is 18.8 Å². The maximum absolute atomic E-state index is 13.0. The van der Waals surface area contributed by atoms with E-state index < -0.39 is 18.3 Å². The summed E-state index contributed by atoms with van der Waals surface area (Å²) >= 11 is 0. The van der Waals surface area contributed by atoms with Gasteiger partial charge in [-0.15, -0.1) is 12.1 Å². The molecular formula is C11H11BF4N-. The van der Waals surface area contributed by atoms with E-state index in [1.54, 1.807) is 6.07 Å². The van der Waals surface area contributed by atoms with Gasteiger partial charge in [0.2, 0.25) is 0 Å². The number of hydrogen-bond acceptors (Lipinski definition) is 1.